The number of likely N-dealkylation sites (N-methyl/N-ethyl adjacent to an activating group) is 1. The molecular formula is C21H41N7O12. The van der Waals surface area contributed by atoms with E-state index in [9.17, 15) is 35.7 Å². The van der Waals surface area contributed by atoms with Gasteiger partial charge in [0.15, 0.2) is 30.6 Å². The molecule has 2 saturated heterocycles. The zero-order valence-corrected chi connectivity index (χ0v) is 22.2. The van der Waals surface area contributed by atoms with Crippen LogP contribution in [0.2, 0.25) is 0 Å². The van der Waals surface area contributed by atoms with Crippen LogP contribution in [0.3, 0.4) is 0 Å². The van der Waals surface area contributed by atoms with Crippen LogP contribution in [0.1, 0.15) is 6.92 Å². The summed E-state index contributed by atoms with van der Waals surface area (Å²) in [6.45, 7) is 0.776. The van der Waals surface area contributed by atoms with E-state index in [-0.39, 0.29) is 0 Å². The molecule has 0 radical (unpaired) electrons. The van der Waals surface area contributed by atoms with Crippen LogP contribution in [-0.2, 0) is 23.7 Å². The number of aliphatic hydroxyl groups excluding tert-OH is 6. The Morgan fingerprint density at radius 1 is 0.850 bits per heavy atom. The minimum Gasteiger partial charge on any atom is -0.394 e. The molecule has 3 aliphatic rings. The predicted octanol–water partition coefficient (Wildman–Crippen LogP) is -7.76. The molecule has 16 N–H and O–H groups in total. The first kappa shape index (κ1) is 32.5. The number of aliphatic hydroxyl groups is 7. The molecule has 0 unspecified atom stereocenters. The van der Waals surface area contributed by atoms with Gasteiger partial charge in [-0.05, 0) is 14.0 Å². The van der Waals surface area contributed by atoms with Crippen molar-refractivity contribution in [2.45, 2.75) is 98.4 Å². The summed E-state index contributed by atoms with van der Waals surface area (Å²) < 4.78 is 28.6. The van der Waals surface area contributed by atoms with E-state index in [1.807, 2.05) is 0 Å². The molecular weight excluding hydrogens is 542 g/mol. The van der Waals surface area contributed by atoms with Crippen LogP contribution in [0.4, 0.5) is 0 Å². The normalized spacial score (nSPS) is 47.5. The van der Waals surface area contributed by atoms with Crippen molar-refractivity contribution >= 4 is 11.9 Å². The Balaban J connectivity index is 1.97. The largest absolute Gasteiger partial charge is 0.394 e. The molecule has 3 fully saturated rings. The van der Waals surface area contributed by atoms with Crippen LogP contribution in [0, 0.1) is 0 Å². The van der Waals surface area contributed by atoms with E-state index in [1.165, 1.54) is 14.0 Å². The molecule has 1 saturated carbocycles. The summed E-state index contributed by atoms with van der Waals surface area (Å²) in [4.78, 5) is 7.69. The molecule has 3 rings (SSSR count). The maximum absolute atomic E-state index is 11.3. The van der Waals surface area contributed by atoms with Crippen LogP contribution >= 0.6 is 0 Å². The molecule has 0 aromatic carbocycles. The molecule has 15 atom stereocenters. The highest BCUT2D eigenvalue weighted by Crippen LogP contribution is 2.39. The fourth-order valence-corrected chi connectivity index (χ4v) is 5.15. The molecule has 1 aliphatic carbocycles. The van der Waals surface area contributed by atoms with E-state index < -0.39 is 110 Å². The highest BCUT2D eigenvalue weighted by atomic mass is 16.8. The van der Waals surface area contributed by atoms with Gasteiger partial charge in [-0.25, -0.2) is 9.98 Å². The molecule has 0 amide bonds. The van der Waals surface area contributed by atoms with Crippen LogP contribution in [0.5, 0.6) is 0 Å². The van der Waals surface area contributed by atoms with Gasteiger partial charge in [0, 0.05) is 7.11 Å². The average molecular weight is 584 g/mol. The van der Waals surface area contributed by atoms with Gasteiger partial charge >= 0.3 is 0 Å². The summed E-state index contributed by atoms with van der Waals surface area (Å²) in [5, 5.41) is 77.1. The highest BCUT2D eigenvalue weighted by Gasteiger charge is 2.61. The zero-order valence-electron chi connectivity index (χ0n) is 22.2. The quantitative estimate of drug-likeness (QED) is 0.0680. The van der Waals surface area contributed by atoms with Crippen molar-refractivity contribution in [2.24, 2.45) is 32.9 Å². The Morgan fingerprint density at radius 3 is 1.98 bits per heavy atom. The number of hydrogen-bond acceptors (Lipinski definition) is 15. The Bertz CT molecular complexity index is 911. The molecule has 40 heavy (non-hydrogen) atoms. The highest BCUT2D eigenvalue weighted by molar-refractivity contribution is 5.76. The van der Waals surface area contributed by atoms with Crippen LogP contribution in [0.25, 0.3) is 0 Å². The Kier molecular flexibility index (Phi) is 10.5. The second-order valence-electron chi connectivity index (χ2n) is 9.84. The summed E-state index contributed by atoms with van der Waals surface area (Å²) in [6, 6.07) is -3.96. The number of nitrogens with one attached hydrogen (secondary N) is 1. The van der Waals surface area contributed by atoms with Crippen molar-refractivity contribution in [2.75, 3.05) is 20.8 Å². The number of rotatable bonds is 9. The SMILES string of the molecule is CN[C@@H]1[C@H](O[C@H]2O[C@@H](C)[C@@](O)(OC)[C@@H]2O[C@@H]2[C@H](O)[C@H](O)[C@H](N=C(N)N)[C@@H](O)[C@@H]2N=C(N)N)O[C@H](CO)[C@H](O)[C@@H]1O. The first-order valence-electron chi connectivity index (χ1n) is 12.5. The van der Waals surface area contributed by atoms with E-state index in [0.29, 0.717) is 0 Å². The standard InChI is InChI=1S/C21H41N7O12/c1-5-21(35,36-3)16(18(37-5)40-17-9(26-2)13(33)10(30)6(4-29)38-17)39-15-8(28-20(24)25)11(31)7(27-19(22)23)12(32)14(15)34/h5-18,26,29-35H,4H2,1-3H3,(H4,22,23,27)(H4,24,25,28)/t5-,6+,7+,8-,9-,10-,11+,12+,13+,14+,15-,16+,17-,18+,21+/m0/s1. The molecule has 19 nitrogen and oxygen atoms in total. The number of ether oxygens (including phenoxy) is 5. The summed E-state index contributed by atoms with van der Waals surface area (Å²) in [5.41, 5.74) is 21.9. The van der Waals surface area contributed by atoms with Gasteiger partial charge in [0.2, 0.25) is 5.79 Å². The molecule has 2 heterocycles. The second kappa shape index (κ2) is 12.9. The van der Waals surface area contributed by atoms with Crippen LogP contribution < -0.4 is 28.3 Å². The Morgan fingerprint density at radius 2 is 1.45 bits per heavy atom. The lowest BCUT2D eigenvalue weighted by Gasteiger charge is -2.46. The number of methoxy groups -OCH3 is 1. The van der Waals surface area contributed by atoms with Gasteiger partial charge in [0.05, 0.1) is 12.6 Å². The first-order valence-corrected chi connectivity index (χ1v) is 12.5. The third kappa shape index (κ3) is 6.11. The molecule has 0 bridgehead atoms. The molecule has 0 aromatic heterocycles. The molecule has 19 heteroatoms. The molecule has 0 spiro atoms. The number of guanidine groups is 2. The third-order valence-corrected chi connectivity index (χ3v) is 7.36. The predicted molar refractivity (Wildman–Crippen MR) is 134 cm³/mol. The van der Waals surface area contributed by atoms with Gasteiger partial charge in [0.1, 0.15) is 60.9 Å². The number of nitrogens with zero attached hydrogens (tertiary/aromatic N) is 2. The second-order valence-corrected chi connectivity index (χ2v) is 9.84. The van der Waals surface area contributed by atoms with Gasteiger partial charge in [-0.1, -0.05) is 0 Å². The minimum absolute atomic E-state index is 0.488. The number of nitrogens with two attached hydrogens (primary N) is 4. The summed E-state index contributed by atoms with van der Waals surface area (Å²) in [5.74, 6) is -3.23. The van der Waals surface area contributed by atoms with Gasteiger partial charge in [-0.2, -0.15) is 0 Å². The van der Waals surface area contributed by atoms with Crippen LogP contribution in [0.15, 0.2) is 9.98 Å². The number of aliphatic imine (C=N–C) groups is 2. The zero-order chi connectivity index (χ0) is 30.1. The van der Waals surface area contributed by atoms with Gasteiger partial charge in [-0.15, -0.1) is 0 Å². The van der Waals surface area contributed by atoms with Crippen molar-refractivity contribution < 1.29 is 59.4 Å². The van der Waals surface area contributed by atoms with Gasteiger partial charge in [-0.3, -0.25) is 0 Å². The maximum Gasteiger partial charge on any atom is 0.224 e. The third-order valence-electron chi connectivity index (χ3n) is 7.36. The van der Waals surface area contributed by atoms with Gasteiger partial charge < -0.3 is 87.7 Å². The topological polar surface area (TPSA) is 329 Å². The minimum atomic E-state index is -2.24. The van der Waals surface area contributed by atoms with E-state index in [1.54, 1.807) is 0 Å². The lowest BCUT2D eigenvalue weighted by Crippen LogP contribution is -2.67. The number of hydrogen-bond donors (Lipinski definition) is 12. The smallest absolute Gasteiger partial charge is 0.224 e. The fraction of sp³-hybridized carbons (Fsp3) is 0.905. The van der Waals surface area contributed by atoms with Crippen LogP contribution in [-0.4, -0.2) is 160 Å². The van der Waals surface area contributed by atoms with Crippen molar-refractivity contribution in [3.63, 3.8) is 0 Å². The molecule has 2 aliphatic heterocycles. The van der Waals surface area contributed by atoms with E-state index >= 15 is 0 Å². The van der Waals surface area contributed by atoms with Crippen molar-refractivity contribution in [3.8, 4) is 0 Å². The Hall–Kier alpha value is -1.98. The lowest BCUT2D eigenvalue weighted by molar-refractivity contribution is -0.331. The van der Waals surface area contributed by atoms with Crippen molar-refractivity contribution in [1.82, 2.24) is 5.32 Å². The van der Waals surface area contributed by atoms with E-state index in [4.69, 9.17) is 46.6 Å². The molecule has 0 aromatic rings. The van der Waals surface area contributed by atoms with Crippen molar-refractivity contribution in [1.29, 1.82) is 0 Å². The summed E-state index contributed by atoms with van der Waals surface area (Å²) in [7, 11) is 2.61. The Labute approximate surface area is 229 Å². The lowest BCUT2D eigenvalue weighted by atomic mass is 9.81. The monoisotopic (exact) mass is 583 g/mol. The summed E-state index contributed by atoms with van der Waals surface area (Å²) >= 11 is 0. The maximum atomic E-state index is 11.3. The summed E-state index contributed by atoms with van der Waals surface area (Å²) in [6.07, 6.45) is -16.7. The van der Waals surface area contributed by atoms with Gasteiger partial charge in [0.25, 0.3) is 0 Å². The average Bonchev–Trinajstić information content (AvgIpc) is 3.13. The van der Waals surface area contributed by atoms with Crippen molar-refractivity contribution in [3.05, 3.63) is 0 Å². The van der Waals surface area contributed by atoms with E-state index in [0.717, 1.165) is 7.11 Å². The van der Waals surface area contributed by atoms with E-state index in [2.05, 4.69) is 15.3 Å². The molecule has 232 valence electrons. The fourth-order valence-electron chi connectivity index (χ4n) is 5.15. The first-order chi connectivity index (χ1) is 18.7.